The summed E-state index contributed by atoms with van der Waals surface area (Å²) in [6.07, 6.45) is 0.998. The van der Waals surface area contributed by atoms with E-state index in [2.05, 4.69) is 4.72 Å². The van der Waals surface area contributed by atoms with Gasteiger partial charge >= 0.3 is 10.3 Å². The fourth-order valence-corrected chi connectivity index (χ4v) is 3.36. The topological polar surface area (TPSA) is 66.4 Å². The monoisotopic (exact) mass is 211 g/mol. The van der Waals surface area contributed by atoms with Gasteiger partial charge in [-0.15, -0.1) is 0 Å². The van der Waals surface area contributed by atoms with Gasteiger partial charge in [-0.3, -0.25) is 4.55 Å². The largest absolute Gasteiger partial charge is 0.333 e. The Kier molecular flexibility index (Phi) is 3.39. The summed E-state index contributed by atoms with van der Waals surface area (Å²) in [7, 11) is -4.02. The van der Waals surface area contributed by atoms with Crippen LogP contribution in [-0.4, -0.2) is 30.5 Å². The molecule has 2 unspecified atom stereocenters. The van der Waals surface area contributed by atoms with Crippen LogP contribution in [0.1, 0.15) is 13.3 Å². The van der Waals surface area contributed by atoms with Crippen molar-refractivity contribution in [3.05, 3.63) is 0 Å². The third-order valence-electron chi connectivity index (χ3n) is 2.00. The van der Waals surface area contributed by atoms with Crippen LogP contribution in [0.25, 0.3) is 0 Å². The first-order valence-electron chi connectivity index (χ1n) is 3.81. The van der Waals surface area contributed by atoms with Crippen LogP contribution in [0.4, 0.5) is 0 Å². The molecule has 1 heterocycles. The Morgan fingerprint density at radius 1 is 1.58 bits per heavy atom. The molecule has 0 spiro atoms. The third kappa shape index (κ3) is 3.30. The fraction of sp³-hybridized carbons (Fsp3) is 1.00. The molecule has 0 aromatic heterocycles. The Morgan fingerprint density at radius 2 is 2.25 bits per heavy atom. The van der Waals surface area contributed by atoms with Gasteiger partial charge in [0.25, 0.3) is 0 Å². The Labute approximate surface area is 77.0 Å². The highest BCUT2D eigenvalue weighted by molar-refractivity contribution is 7.99. The predicted molar refractivity (Wildman–Crippen MR) is 49.6 cm³/mol. The van der Waals surface area contributed by atoms with Crippen molar-refractivity contribution in [3.8, 4) is 0 Å². The molecule has 72 valence electrons. The first kappa shape index (κ1) is 10.3. The van der Waals surface area contributed by atoms with E-state index >= 15 is 0 Å². The highest BCUT2D eigenvalue weighted by Crippen LogP contribution is 2.22. The van der Waals surface area contributed by atoms with E-state index in [0.29, 0.717) is 5.92 Å². The van der Waals surface area contributed by atoms with E-state index in [-0.39, 0.29) is 6.04 Å². The minimum Gasteiger partial charge on any atom is -0.273 e. The van der Waals surface area contributed by atoms with Crippen LogP contribution in [-0.2, 0) is 10.3 Å². The predicted octanol–water partition coefficient (Wildman–Crippen LogP) is 0.520. The minimum absolute atomic E-state index is 0.112. The normalized spacial score (nSPS) is 31.8. The van der Waals surface area contributed by atoms with Crippen LogP contribution in [0.15, 0.2) is 0 Å². The van der Waals surface area contributed by atoms with Crippen LogP contribution in [0, 0.1) is 5.92 Å². The standard InChI is InChI=1S/C6H13NO3S2/c1-5-2-3-11-4-6(5)7-12(8,9)10/h5-7H,2-4H2,1H3,(H,8,9,10). The zero-order valence-electron chi connectivity index (χ0n) is 6.86. The number of hydrogen-bond acceptors (Lipinski definition) is 3. The first-order chi connectivity index (χ1) is 5.49. The SMILES string of the molecule is CC1CCSCC1NS(=O)(=O)O. The van der Waals surface area contributed by atoms with E-state index in [4.69, 9.17) is 4.55 Å². The second-order valence-electron chi connectivity index (χ2n) is 3.04. The molecular weight excluding hydrogens is 198 g/mol. The van der Waals surface area contributed by atoms with E-state index in [1.807, 2.05) is 6.92 Å². The van der Waals surface area contributed by atoms with Crippen molar-refractivity contribution in [1.82, 2.24) is 4.72 Å². The molecule has 12 heavy (non-hydrogen) atoms. The zero-order chi connectivity index (χ0) is 9.19. The summed E-state index contributed by atoms with van der Waals surface area (Å²) >= 11 is 1.71. The molecule has 0 saturated carbocycles. The van der Waals surface area contributed by atoms with Crippen molar-refractivity contribution >= 4 is 22.1 Å². The van der Waals surface area contributed by atoms with Gasteiger partial charge < -0.3 is 0 Å². The molecule has 0 aromatic rings. The molecule has 0 amide bonds. The Balaban J connectivity index is 2.50. The highest BCUT2D eigenvalue weighted by Gasteiger charge is 2.24. The van der Waals surface area contributed by atoms with E-state index < -0.39 is 10.3 Å². The quantitative estimate of drug-likeness (QED) is 0.654. The van der Waals surface area contributed by atoms with Crippen LogP contribution in [0.2, 0.25) is 0 Å². The van der Waals surface area contributed by atoms with Crippen LogP contribution >= 0.6 is 11.8 Å². The number of nitrogens with one attached hydrogen (secondary N) is 1. The second kappa shape index (κ2) is 3.95. The molecule has 0 aliphatic carbocycles. The lowest BCUT2D eigenvalue weighted by Gasteiger charge is -2.27. The molecule has 1 aliphatic heterocycles. The van der Waals surface area contributed by atoms with Gasteiger partial charge in [-0.25, -0.2) is 0 Å². The Bertz CT molecular complexity index is 239. The molecule has 6 heteroatoms. The van der Waals surface area contributed by atoms with E-state index in [0.717, 1.165) is 17.9 Å². The summed E-state index contributed by atoms with van der Waals surface area (Å²) in [5, 5.41) is 0. The molecule has 1 fully saturated rings. The lowest BCUT2D eigenvalue weighted by molar-refractivity contribution is 0.401. The molecule has 2 atom stereocenters. The molecule has 0 aromatic carbocycles. The summed E-state index contributed by atoms with van der Waals surface area (Å²) in [4.78, 5) is 0. The summed E-state index contributed by atoms with van der Waals surface area (Å²) in [5.41, 5.74) is 0. The molecule has 2 N–H and O–H groups in total. The molecule has 0 bridgehead atoms. The van der Waals surface area contributed by atoms with Crippen molar-refractivity contribution in [2.24, 2.45) is 5.92 Å². The average Bonchev–Trinajstić information content (AvgIpc) is 1.91. The van der Waals surface area contributed by atoms with Crippen molar-refractivity contribution in [1.29, 1.82) is 0 Å². The van der Waals surface area contributed by atoms with Crippen molar-refractivity contribution in [3.63, 3.8) is 0 Å². The molecular formula is C6H13NO3S2. The maximum Gasteiger partial charge on any atom is 0.333 e. The van der Waals surface area contributed by atoms with Gasteiger partial charge in [0.1, 0.15) is 0 Å². The minimum atomic E-state index is -4.02. The van der Waals surface area contributed by atoms with Crippen molar-refractivity contribution in [2.75, 3.05) is 11.5 Å². The smallest absolute Gasteiger partial charge is 0.273 e. The highest BCUT2D eigenvalue weighted by atomic mass is 32.2. The molecule has 1 aliphatic rings. The lowest BCUT2D eigenvalue weighted by Crippen LogP contribution is -2.42. The van der Waals surface area contributed by atoms with Gasteiger partial charge in [-0.1, -0.05) is 6.92 Å². The summed E-state index contributed by atoms with van der Waals surface area (Å²) < 4.78 is 31.7. The van der Waals surface area contributed by atoms with Crippen molar-refractivity contribution < 1.29 is 13.0 Å². The third-order valence-corrected chi connectivity index (χ3v) is 3.72. The zero-order valence-corrected chi connectivity index (χ0v) is 8.49. The number of rotatable bonds is 2. The Hall–Kier alpha value is 0.220. The first-order valence-corrected chi connectivity index (χ1v) is 6.41. The van der Waals surface area contributed by atoms with E-state index in [1.54, 1.807) is 11.8 Å². The maximum atomic E-state index is 10.5. The van der Waals surface area contributed by atoms with Crippen LogP contribution < -0.4 is 4.72 Å². The average molecular weight is 211 g/mol. The lowest BCUT2D eigenvalue weighted by atomic mass is 10.0. The molecule has 0 radical (unpaired) electrons. The molecule has 1 saturated heterocycles. The Morgan fingerprint density at radius 3 is 2.75 bits per heavy atom. The van der Waals surface area contributed by atoms with Gasteiger partial charge in [-0.2, -0.15) is 24.9 Å². The van der Waals surface area contributed by atoms with E-state index in [9.17, 15) is 8.42 Å². The maximum absolute atomic E-state index is 10.5. The second-order valence-corrected chi connectivity index (χ2v) is 5.38. The molecule has 4 nitrogen and oxygen atoms in total. The van der Waals surface area contributed by atoms with Gasteiger partial charge in [0, 0.05) is 11.8 Å². The van der Waals surface area contributed by atoms with Gasteiger partial charge in [0.15, 0.2) is 0 Å². The molecule has 1 rings (SSSR count). The van der Waals surface area contributed by atoms with Crippen LogP contribution in [0.3, 0.4) is 0 Å². The van der Waals surface area contributed by atoms with Crippen molar-refractivity contribution in [2.45, 2.75) is 19.4 Å². The van der Waals surface area contributed by atoms with E-state index in [1.165, 1.54) is 0 Å². The number of thioether (sulfide) groups is 1. The number of hydrogen-bond donors (Lipinski definition) is 2. The van der Waals surface area contributed by atoms with Gasteiger partial charge in [0.2, 0.25) is 0 Å². The summed E-state index contributed by atoms with van der Waals surface area (Å²) in [6.45, 7) is 1.99. The van der Waals surface area contributed by atoms with Crippen LogP contribution in [0.5, 0.6) is 0 Å². The summed E-state index contributed by atoms with van der Waals surface area (Å²) in [5.74, 6) is 2.14. The van der Waals surface area contributed by atoms with Gasteiger partial charge in [-0.05, 0) is 18.1 Å². The fourth-order valence-electron chi connectivity index (χ4n) is 1.19. The van der Waals surface area contributed by atoms with Gasteiger partial charge in [0.05, 0.1) is 0 Å². The summed E-state index contributed by atoms with van der Waals surface area (Å²) in [6, 6.07) is -0.112.